The van der Waals surface area contributed by atoms with Crippen LogP contribution in [0, 0.1) is 0 Å². The lowest BCUT2D eigenvalue weighted by atomic mass is 9.82. The Bertz CT molecular complexity index is 4410. The minimum atomic E-state index is -0.562. The molecule has 13 rings (SSSR count). The summed E-state index contributed by atoms with van der Waals surface area (Å²) in [5.41, 5.74) is 6.53. The number of nitrogens with zero attached hydrogens (tertiary/aromatic N) is 13. The molecule has 0 atom stereocenters. The molecule has 0 radical (unpaired) electrons. The zero-order valence-corrected chi connectivity index (χ0v) is 51.9. The number of fused-ring (bicyclic) bond motifs is 3. The van der Waals surface area contributed by atoms with Crippen molar-refractivity contribution < 1.29 is 18.8 Å². The van der Waals surface area contributed by atoms with Crippen LogP contribution >= 0.6 is 63.1 Å². The van der Waals surface area contributed by atoms with Crippen LogP contribution in [0.15, 0.2) is 185 Å². The molecule has 0 aliphatic carbocycles. The van der Waals surface area contributed by atoms with Crippen LogP contribution in [0.1, 0.15) is 48.5 Å². The summed E-state index contributed by atoms with van der Waals surface area (Å²) < 4.78 is 23.6. The molecule has 0 spiro atoms. The van der Waals surface area contributed by atoms with Gasteiger partial charge in [0.25, 0.3) is 16.7 Å². The third kappa shape index (κ3) is 13.9. The van der Waals surface area contributed by atoms with Crippen molar-refractivity contribution in [2.75, 3.05) is 0 Å². The summed E-state index contributed by atoms with van der Waals surface area (Å²) in [6, 6.07) is 21.1. The lowest BCUT2D eigenvalue weighted by molar-refractivity contribution is 0.00578. The molecule has 2 N–H and O–H groups in total. The predicted octanol–water partition coefficient (Wildman–Crippen LogP) is 11.2. The van der Waals surface area contributed by atoms with E-state index < -0.39 is 30.0 Å². The van der Waals surface area contributed by atoms with Crippen molar-refractivity contribution in [3.63, 3.8) is 0 Å². The Morgan fingerprint density at radius 3 is 1.26 bits per heavy atom. The molecule has 0 amide bonds. The molecule has 3 aromatic carbocycles. The number of hydrogen-bond acceptors (Lipinski definition) is 16. The number of benzene rings is 3. The molecule has 22 nitrogen and oxygen atoms in total. The van der Waals surface area contributed by atoms with Gasteiger partial charge >= 0.3 is 13.2 Å². The van der Waals surface area contributed by atoms with Gasteiger partial charge in [0, 0.05) is 140 Å². The van der Waals surface area contributed by atoms with E-state index >= 15 is 0 Å². The minimum Gasteiger partial charge on any atom is -0.442 e. The largest absolute Gasteiger partial charge is 0.498 e. The maximum atomic E-state index is 12.7. The molecular weight excluding hydrogens is 1260 g/mol. The Kier molecular flexibility index (Phi) is 18.8. The number of rotatable bonds is 6. The van der Waals surface area contributed by atoms with Crippen LogP contribution in [-0.2, 0) is 14.0 Å². The molecule has 9 aromatic heterocycles. The Balaban J connectivity index is 0.000000138. The Hall–Kier alpha value is -8.75. The number of carbonyl (C=O) groups is 1. The average molecular weight is 1310 g/mol. The van der Waals surface area contributed by atoms with Crippen molar-refractivity contribution in [1.29, 1.82) is 0 Å². The van der Waals surface area contributed by atoms with Crippen LogP contribution in [0.2, 0.25) is 15.1 Å². The zero-order chi connectivity index (χ0) is 61.1. The number of H-pyrrole nitrogens is 2. The predicted molar refractivity (Wildman–Crippen MR) is 340 cm³/mol. The van der Waals surface area contributed by atoms with Gasteiger partial charge in [0.2, 0.25) is 0 Å². The molecular formula is C59H51BBrCl4N15O7. The number of aromatic amines is 2. The number of carbonyl (C=O) groups excluding carboxylic acids is 1. The second-order valence-electron chi connectivity index (χ2n) is 21.0. The van der Waals surface area contributed by atoms with E-state index in [9.17, 15) is 19.2 Å². The van der Waals surface area contributed by atoms with Gasteiger partial charge in [-0.1, -0.05) is 34.8 Å². The van der Waals surface area contributed by atoms with Crippen LogP contribution < -0.4 is 22.1 Å². The SMILES string of the molecule is CC(C)(C)OC(=O)n1cc(B2OC(C)(C)C(C)(C)O2)cn1.Cl.O=c1c2nccnc2c(-c2cn[nH]c2)cn1-c1ccc(Cl)cc1.O=c1c2nccnc2c(-c2cn[nH]c2)cn1-c1ccc(Cl)cc1.O=c1c2nccnc2c(Br)cn1-c1ccc(Cl)cc1. The second kappa shape index (κ2) is 26.1. The molecule has 10 heterocycles. The fourth-order valence-corrected chi connectivity index (χ4v) is 9.44. The van der Waals surface area contributed by atoms with Crippen molar-refractivity contribution in [2.45, 2.75) is 65.3 Å². The first-order chi connectivity index (χ1) is 41.1. The molecule has 87 heavy (non-hydrogen) atoms. The second-order valence-corrected chi connectivity index (χ2v) is 23.2. The molecule has 1 saturated heterocycles. The van der Waals surface area contributed by atoms with E-state index in [1.54, 1.807) is 147 Å². The first-order valence-corrected chi connectivity index (χ1v) is 28.1. The van der Waals surface area contributed by atoms with E-state index in [0.717, 1.165) is 32.6 Å². The highest BCUT2D eigenvalue weighted by Crippen LogP contribution is 2.36. The Labute approximate surface area is 525 Å². The van der Waals surface area contributed by atoms with Crippen molar-refractivity contribution in [1.82, 2.24) is 73.8 Å². The van der Waals surface area contributed by atoms with Crippen molar-refractivity contribution >= 4 is 115 Å². The first-order valence-electron chi connectivity index (χ1n) is 26.2. The third-order valence-corrected chi connectivity index (χ3v) is 14.8. The molecule has 0 saturated carbocycles. The summed E-state index contributed by atoms with van der Waals surface area (Å²) in [5, 5.41) is 19.3. The highest BCUT2D eigenvalue weighted by Gasteiger charge is 2.52. The normalized spacial score (nSPS) is 13.2. The average Bonchev–Trinajstić information content (AvgIpc) is 1.23. The number of aromatic nitrogens is 15. The summed E-state index contributed by atoms with van der Waals surface area (Å²) in [5.74, 6) is 0. The van der Waals surface area contributed by atoms with E-state index in [1.807, 2.05) is 48.5 Å². The summed E-state index contributed by atoms with van der Waals surface area (Å²) in [6.07, 6.45) is 23.9. The van der Waals surface area contributed by atoms with Crippen LogP contribution in [0.25, 0.3) is 72.4 Å². The number of ether oxygens (including phenoxy) is 1. The molecule has 1 aliphatic rings. The van der Waals surface area contributed by atoms with E-state index in [4.69, 9.17) is 48.8 Å². The summed E-state index contributed by atoms with van der Waals surface area (Å²) in [4.78, 5) is 75.1. The smallest absolute Gasteiger partial charge is 0.442 e. The van der Waals surface area contributed by atoms with Gasteiger partial charge in [-0.3, -0.25) is 53.2 Å². The van der Waals surface area contributed by atoms with Gasteiger partial charge in [0.15, 0.2) is 16.6 Å². The molecule has 1 fully saturated rings. The summed E-state index contributed by atoms with van der Waals surface area (Å²) in [7, 11) is -0.536. The lowest BCUT2D eigenvalue weighted by Crippen LogP contribution is -2.41. The standard InChI is InChI=1S/2C16H10ClN5O.C14H23BN2O4.C13H7BrClN3O.ClH/c2*17-11-1-3-12(4-2-11)22-9-13(10-7-20-21-8-10)14-15(16(22)23)19-6-5-18-14;1-12(2,3)19-11(18)17-9-10(8-16-17)15-20-13(4,5)14(6,7)21-15;14-10-7-18(9-3-1-8(15)2-4-9)13(19)12-11(10)16-5-6-17-12;/h2*1-9H,(H,20,21);8-9H,1-7H3;1-7H;1H. The van der Waals surface area contributed by atoms with Gasteiger partial charge in [-0.2, -0.15) is 20.0 Å². The fraction of sp³-hybridized carbons (Fsp3) is 0.169. The molecule has 1 aliphatic heterocycles. The van der Waals surface area contributed by atoms with Gasteiger partial charge in [-0.05, 0) is 137 Å². The number of halogens is 5. The van der Waals surface area contributed by atoms with Gasteiger partial charge < -0.3 is 14.0 Å². The molecule has 12 aromatic rings. The van der Waals surface area contributed by atoms with Crippen LogP contribution in [0.4, 0.5) is 4.79 Å². The molecule has 28 heteroatoms. The van der Waals surface area contributed by atoms with Gasteiger partial charge in [-0.15, -0.1) is 12.4 Å². The van der Waals surface area contributed by atoms with Crippen molar-refractivity contribution in [2.24, 2.45) is 0 Å². The summed E-state index contributed by atoms with van der Waals surface area (Å²) in [6.45, 7) is 13.3. The quantitative estimate of drug-likeness (QED) is 0.147. The lowest BCUT2D eigenvalue weighted by Gasteiger charge is -2.32. The van der Waals surface area contributed by atoms with Gasteiger partial charge in [0.05, 0.1) is 28.1 Å². The Morgan fingerprint density at radius 2 is 0.897 bits per heavy atom. The number of hydrogen-bond donors (Lipinski definition) is 2. The third-order valence-electron chi connectivity index (χ3n) is 13.5. The topological polar surface area (TPSA) is 263 Å². The molecule has 442 valence electrons. The molecule has 0 bridgehead atoms. The van der Waals surface area contributed by atoms with Crippen LogP contribution in [-0.4, -0.2) is 104 Å². The maximum absolute atomic E-state index is 12.7. The van der Waals surface area contributed by atoms with Crippen molar-refractivity contribution in [3.05, 3.63) is 216 Å². The fourth-order valence-electron chi connectivity index (χ4n) is 8.57. The van der Waals surface area contributed by atoms with Gasteiger partial charge in [0.1, 0.15) is 22.2 Å². The van der Waals surface area contributed by atoms with Gasteiger partial charge in [-0.25, -0.2) is 19.7 Å². The van der Waals surface area contributed by atoms with E-state index in [1.165, 1.54) is 32.3 Å². The van der Waals surface area contributed by atoms with Crippen LogP contribution in [0.3, 0.4) is 0 Å². The molecule has 0 unspecified atom stereocenters. The monoisotopic (exact) mass is 1310 g/mol. The highest BCUT2D eigenvalue weighted by molar-refractivity contribution is 9.10. The number of nitrogens with one attached hydrogen (secondary N) is 2. The van der Waals surface area contributed by atoms with Crippen LogP contribution in [0.5, 0.6) is 0 Å². The minimum absolute atomic E-state index is 0. The highest BCUT2D eigenvalue weighted by atomic mass is 79.9. The van der Waals surface area contributed by atoms with E-state index in [0.29, 0.717) is 69.5 Å². The Morgan fingerprint density at radius 1 is 0.540 bits per heavy atom. The maximum Gasteiger partial charge on any atom is 0.498 e. The first kappa shape index (κ1) is 62.8. The van der Waals surface area contributed by atoms with Crippen molar-refractivity contribution in [3.8, 4) is 39.3 Å². The van der Waals surface area contributed by atoms with E-state index in [2.05, 4.69) is 71.3 Å². The van der Waals surface area contributed by atoms with E-state index in [-0.39, 0.29) is 29.1 Å². The summed E-state index contributed by atoms with van der Waals surface area (Å²) >= 11 is 21.1. The number of pyridine rings is 3. The zero-order valence-electron chi connectivity index (χ0n) is 47.3.